The molecule has 118 valence electrons. The molecule has 0 fully saturated rings. The predicted octanol–water partition coefficient (Wildman–Crippen LogP) is 2.85. The fraction of sp³-hybridized carbons (Fsp3) is 0.176. The number of rotatable bonds is 5. The Morgan fingerprint density at radius 3 is 2.52 bits per heavy atom. The first-order valence-electron chi connectivity index (χ1n) is 7.25. The van der Waals surface area contributed by atoms with Crippen molar-refractivity contribution in [3.8, 4) is 11.5 Å². The summed E-state index contributed by atoms with van der Waals surface area (Å²) in [6, 6.07) is 14.3. The Bertz CT molecular complexity index is 789. The van der Waals surface area contributed by atoms with E-state index in [4.69, 9.17) is 4.42 Å². The van der Waals surface area contributed by atoms with Crippen molar-refractivity contribution in [3.63, 3.8) is 0 Å². The fourth-order valence-corrected chi connectivity index (χ4v) is 2.79. The number of quaternary nitrogens is 1. The van der Waals surface area contributed by atoms with Crippen LogP contribution >= 0.6 is 15.9 Å². The smallest absolute Gasteiger partial charge is 0.271 e. The van der Waals surface area contributed by atoms with Gasteiger partial charge in [0.2, 0.25) is 5.89 Å². The molecule has 0 saturated heterocycles. The molecule has 3 aromatic rings. The molecule has 4 nitrogen and oxygen atoms in total. The number of benzene rings is 2. The summed E-state index contributed by atoms with van der Waals surface area (Å²) in [5.74, 6) is 0.860. The molecule has 3 rings (SSSR count). The first-order chi connectivity index (χ1) is 11.1. The van der Waals surface area contributed by atoms with Gasteiger partial charge in [0.05, 0.1) is 12.6 Å². The Morgan fingerprint density at radius 2 is 1.78 bits per heavy atom. The van der Waals surface area contributed by atoms with Gasteiger partial charge in [-0.2, -0.15) is 0 Å². The third-order valence-electron chi connectivity index (χ3n) is 3.44. The van der Waals surface area contributed by atoms with E-state index in [0.29, 0.717) is 18.3 Å². The van der Waals surface area contributed by atoms with E-state index in [1.54, 1.807) is 12.1 Å². The average molecular weight is 377 g/mol. The lowest BCUT2D eigenvalue weighted by Gasteiger charge is -2.11. The van der Waals surface area contributed by atoms with Crippen molar-refractivity contribution < 1.29 is 13.7 Å². The van der Waals surface area contributed by atoms with Crippen LogP contribution < -0.4 is 4.90 Å². The van der Waals surface area contributed by atoms with Crippen molar-refractivity contribution in [3.05, 3.63) is 70.3 Å². The lowest BCUT2D eigenvalue weighted by molar-refractivity contribution is -0.909. The second-order valence-corrected chi connectivity index (χ2v) is 6.27. The average Bonchev–Trinajstić information content (AvgIpc) is 2.98. The van der Waals surface area contributed by atoms with Gasteiger partial charge in [-0.15, -0.1) is 10.2 Å². The van der Waals surface area contributed by atoms with Gasteiger partial charge >= 0.3 is 0 Å². The molecule has 0 radical (unpaired) electrons. The largest absolute Gasteiger partial charge is 0.415 e. The topological polar surface area (TPSA) is 43.4 Å². The van der Waals surface area contributed by atoms with Crippen LogP contribution in [0.15, 0.2) is 57.4 Å². The Labute approximate surface area is 142 Å². The van der Waals surface area contributed by atoms with E-state index in [0.717, 1.165) is 22.1 Å². The zero-order valence-electron chi connectivity index (χ0n) is 12.6. The molecule has 1 unspecified atom stereocenters. The first-order valence-corrected chi connectivity index (χ1v) is 8.04. The van der Waals surface area contributed by atoms with Crippen LogP contribution in [-0.4, -0.2) is 17.2 Å². The highest BCUT2D eigenvalue weighted by molar-refractivity contribution is 9.10. The number of nitrogens with one attached hydrogen (secondary N) is 1. The molecule has 1 N–H and O–H groups in total. The number of hydrogen-bond acceptors (Lipinski definition) is 3. The molecule has 0 saturated carbocycles. The van der Waals surface area contributed by atoms with Gasteiger partial charge < -0.3 is 9.32 Å². The van der Waals surface area contributed by atoms with Crippen LogP contribution in [0.25, 0.3) is 11.5 Å². The number of hydrogen-bond donors (Lipinski definition) is 1. The van der Waals surface area contributed by atoms with Crippen LogP contribution in [0.1, 0.15) is 11.5 Å². The van der Waals surface area contributed by atoms with E-state index in [1.807, 2.05) is 31.3 Å². The Morgan fingerprint density at radius 1 is 1.04 bits per heavy atom. The first kappa shape index (κ1) is 15.8. The zero-order chi connectivity index (χ0) is 16.2. The summed E-state index contributed by atoms with van der Waals surface area (Å²) in [5, 5.41) is 8.22. The molecule has 0 bridgehead atoms. The SMILES string of the molecule is C[NH+](Cc1ccc(F)cc1)Cc1nnc(-c2ccccc2Br)o1. The Kier molecular flexibility index (Phi) is 4.83. The molecule has 2 aromatic carbocycles. The normalized spacial score (nSPS) is 12.3. The van der Waals surface area contributed by atoms with Gasteiger partial charge in [-0.05, 0) is 40.2 Å². The van der Waals surface area contributed by atoms with Gasteiger partial charge in [-0.25, -0.2) is 4.39 Å². The van der Waals surface area contributed by atoms with Crippen molar-refractivity contribution in [2.45, 2.75) is 13.1 Å². The summed E-state index contributed by atoms with van der Waals surface area (Å²) >= 11 is 3.48. The maximum Gasteiger partial charge on any atom is 0.271 e. The molecule has 1 aromatic heterocycles. The summed E-state index contributed by atoms with van der Waals surface area (Å²) in [7, 11) is 2.03. The molecule has 0 aliphatic carbocycles. The van der Waals surface area contributed by atoms with E-state index in [2.05, 4.69) is 26.1 Å². The van der Waals surface area contributed by atoms with Gasteiger partial charge in [0.1, 0.15) is 12.4 Å². The molecule has 0 aliphatic rings. The van der Waals surface area contributed by atoms with Gasteiger partial charge in [0.15, 0.2) is 6.54 Å². The molecule has 23 heavy (non-hydrogen) atoms. The van der Waals surface area contributed by atoms with Crippen molar-refractivity contribution in [2.75, 3.05) is 7.05 Å². The zero-order valence-corrected chi connectivity index (χ0v) is 14.2. The maximum absolute atomic E-state index is 12.9. The molecular formula is C17H16BrFN3O+. The quantitative estimate of drug-likeness (QED) is 0.744. The van der Waals surface area contributed by atoms with Crippen LogP contribution in [0.3, 0.4) is 0 Å². The summed E-state index contributed by atoms with van der Waals surface area (Å²) < 4.78 is 19.6. The summed E-state index contributed by atoms with van der Waals surface area (Å²) in [6.07, 6.45) is 0. The maximum atomic E-state index is 12.9. The lowest BCUT2D eigenvalue weighted by atomic mass is 10.2. The monoisotopic (exact) mass is 376 g/mol. The molecule has 0 spiro atoms. The number of halogens is 2. The van der Waals surface area contributed by atoms with E-state index >= 15 is 0 Å². The minimum atomic E-state index is -0.221. The minimum absolute atomic E-state index is 0.221. The van der Waals surface area contributed by atoms with Crippen molar-refractivity contribution >= 4 is 15.9 Å². The van der Waals surface area contributed by atoms with Crippen LogP contribution in [-0.2, 0) is 13.1 Å². The van der Waals surface area contributed by atoms with Gasteiger partial charge in [0.25, 0.3) is 5.89 Å². The van der Waals surface area contributed by atoms with E-state index < -0.39 is 0 Å². The second kappa shape index (κ2) is 7.02. The van der Waals surface area contributed by atoms with Crippen LogP contribution in [0.2, 0.25) is 0 Å². The van der Waals surface area contributed by atoms with Crippen molar-refractivity contribution in [2.24, 2.45) is 0 Å². The van der Waals surface area contributed by atoms with Gasteiger partial charge in [-0.1, -0.05) is 24.3 Å². The molecular weight excluding hydrogens is 361 g/mol. The lowest BCUT2D eigenvalue weighted by Crippen LogP contribution is -3.06. The number of aromatic nitrogens is 2. The predicted molar refractivity (Wildman–Crippen MR) is 88.1 cm³/mol. The molecule has 0 aliphatic heterocycles. The highest BCUT2D eigenvalue weighted by Crippen LogP contribution is 2.26. The van der Waals surface area contributed by atoms with E-state index in [1.165, 1.54) is 17.0 Å². The van der Waals surface area contributed by atoms with Gasteiger partial charge in [0, 0.05) is 10.0 Å². The minimum Gasteiger partial charge on any atom is -0.415 e. The number of nitrogens with zero attached hydrogens (tertiary/aromatic N) is 2. The Balaban J connectivity index is 1.67. The third kappa shape index (κ3) is 4.03. The summed E-state index contributed by atoms with van der Waals surface area (Å²) in [6.45, 7) is 1.36. The molecule has 0 amide bonds. The summed E-state index contributed by atoms with van der Waals surface area (Å²) in [5.41, 5.74) is 1.94. The standard InChI is InChI=1S/C17H15BrFN3O/c1-22(10-12-6-8-13(19)9-7-12)11-16-20-21-17(23-16)14-4-2-3-5-15(14)18/h2-9H,10-11H2,1H3/p+1. The summed E-state index contributed by atoms with van der Waals surface area (Å²) in [4.78, 5) is 1.18. The second-order valence-electron chi connectivity index (χ2n) is 5.42. The van der Waals surface area contributed by atoms with Gasteiger partial charge in [-0.3, -0.25) is 0 Å². The van der Waals surface area contributed by atoms with E-state index in [-0.39, 0.29) is 5.82 Å². The third-order valence-corrected chi connectivity index (χ3v) is 4.13. The van der Waals surface area contributed by atoms with Crippen molar-refractivity contribution in [1.29, 1.82) is 0 Å². The highest BCUT2D eigenvalue weighted by atomic mass is 79.9. The van der Waals surface area contributed by atoms with E-state index in [9.17, 15) is 4.39 Å². The fourth-order valence-electron chi connectivity index (χ4n) is 2.34. The molecule has 6 heteroatoms. The van der Waals surface area contributed by atoms with Crippen LogP contribution in [0.5, 0.6) is 0 Å². The highest BCUT2D eigenvalue weighted by Gasteiger charge is 2.14. The van der Waals surface area contributed by atoms with Crippen LogP contribution in [0, 0.1) is 5.82 Å². The molecule has 1 heterocycles. The Hall–Kier alpha value is -2.05. The van der Waals surface area contributed by atoms with Crippen LogP contribution in [0.4, 0.5) is 4.39 Å². The molecule has 1 atom stereocenters. The van der Waals surface area contributed by atoms with Crippen molar-refractivity contribution in [1.82, 2.24) is 10.2 Å².